The van der Waals surface area contributed by atoms with Crippen molar-refractivity contribution in [3.63, 3.8) is 0 Å². The fourth-order valence-electron chi connectivity index (χ4n) is 2.54. The number of rotatable bonds is 8. The first-order chi connectivity index (χ1) is 12.6. The van der Waals surface area contributed by atoms with Gasteiger partial charge in [-0.3, -0.25) is 4.79 Å². The van der Waals surface area contributed by atoms with Crippen molar-refractivity contribution in [2.75, 3.05) is 18.9 Å². The molecule has 0 radical (unpaired) electrons. The summed E-state index contributed by atoms with van der Waals surface area (Å²) in [6.45, 7) is 4.99. The molecule has 136 valence electrons. The van der Waals surface area contributed by atoms with Gasteiger partial charge >= 0.3 is 0 Å². The molecule has 3 aromatic rings. The Kier molecular flexibility index (Phi) is 6.12. The molecule has 1 N–H and O–H groups in total. The van der Waals surface area contributed by atoms with Crippen LogP contribution < -0.4 is 10.1 Å². The van der Waals surface area contributed by atoms with Gasteiger partial charge in [0.1, 0.15) is 18.7 Å². The Balaban J connectivity index is 1.43. The lowest BCUT2D eigenvalue weighted by Gasteiger charge is -2.11. The number of amides is 1. The number of nitrogens with one attached hydrogen (secondary N) is 1. The zero-order valence-corrected chi connectivity index (χ0v) is 15.7. The van der Waals surface area contributed by atoms with E-state index >= 15 is 0 Å². The molecule has 3 rings (SSSR count). The van der Waals surface area contributed by atoms with Crippen LogP contribution >= 0.6 is 11.8 Å². The Bertz CT molecular complexity index is 873. The standard InChI is InChI=1S/C19H22N4O2S/c1-14(2)23-13-21-22-19(23)26-12-18(24)20-10-11-25-17-9-5-7-15-6-3-4-8-16(15)17/h3-9,13-14H,10-12H2,1-2H3,(H,20,24). The van der Waals surface area contributed by atoms with Crippen LogP contribution in [-0.4, -0.2) is 39.6 Å². The summed E-state index contributed by atoms with van der Waals surface area (Å²) in [5.41, 5.74) is 0. The predicted octanol–water partition coefficient (Wildman–Crippen LogP) is 3.30. The largest absolute Gasteiger partial charge is 0.491 e. The van der Waals surface area contributed by atoms with E-state index in [1.54, 1.807) is 6.33 Å². The maximum absolute atomic E-state index is 12.0. The van der Waals surface area contributed by atoms with Gasteiger partial charge in [-0.15, -0.1) is 10.2 Å². The van der Waals surface area contributed by atoms with Crippen molar-refractivity contribution in [1.82, 2.24) is 20.1 Å². The highest BCUT2D eigenvalue weighted by Gasteiger charge is 2.10. The summed E-state index contributed by atoms with van der Waals surface area (Å²) in [4.78, 5) is 12.0. The lowest BCUT2D eigenvalue weighted by molar-refractivity contribution is -0.118. The summed E-state index contributed by atoms with van der Waals surface area (Å²) < 4.78 is 7.77. The van der Waals surface area contributed by atoms with Crippen LogP contribution in [0.15, 0.2) is 53.9 Å². The van der Waals surface area contributed by atoms with Gasteiger partial charge in [0.05, 0.1) is 12.3 Å². The molecule has 0 atom stereocenters. The Morgan fingerprint density at radius 2 is 2.04 bits per heavy atom. The molecule has 0 aliphatic rings. The van der Waals surface area contributed by atoms with Gasteiger partial charge in [-0.05, 0) is 25.3 Å². The van der Waals surface area contributed by atoms with E-state index in [9.17, 15) is 4.79 Å². The van der Waals surface area contributed by atoms with E-state index in [4.69, 9.17) is 4.74 Å². The third kappa shape index (κ3) is 4.54. The molecule has 0 unspecified atom stereocenters. The maximum Gasteiger partial charge on any atom is 0.230 e. The molecule has 1 amide bonds. The Morgan fingerprint density at radius 3 is 2.88 bits per heavy atom. The number of benzene rings is 2. The van der Waals surface area contributed by atoms with E-state index < -0.39 is 0 Å². The average molecular weight is 370 g/mol. The molecule has 0 saturated carbocycles. The molecule has 7 heteroatoms. The zero-order valence-electron chi connectivity index (χ0n) is 14.9. The molecule has 0 aliphatic carbocycles. The smallest absolute Gasteiger partial charge is 0.230 e. The van der Waals surface area contributed by atoms with Crippen molar-refractivity contribution >= 4 is 28.4 Å². The van der Waals surface area contributed by atoms with Crippen molar-refractivity contribution in [3.05, 3.63) is 48.8 Å². The molecule has 26 heavy (non-hydrogen) atoms. The van der Waals surface area contributed by atoms with Crippen LogP contribution in [0.2, 0.25) is 0 Å². The molecule has 0 saturated heterocycles. The number of carbonyl (C=O) groups excluding carboxylic acids is 1. The van der Waals surface area contributed by atoms with Crippen LogP contribution in [0.4, 0.5) is 0 Å². The van der Waals surface area contributed by atoms with Crippen LogP contribution in [0.5, 0.6) is 5.75 Å². The second kappa shape index (κ2) is 8.71. The van der Waals surface area contributed by atoms with Crippen molar-refractivity contribution in [1.29, 1.82) is 0 Å². The average Bonchev–Trinajstić information content (AvgIpc) is 3.12. The van der Waals surface area contributed by atoms with E-state index in [-0.39, 0.29) is 11.9 Å². The molecular weight excluding hydrogens is 348 g/mol. The van der Waals surface area contributed by atoms with Gasteiger partial charge < -0.3 is 14.6 Å². The number of hydrogen-bond donors (Lipinski definition) is 1. The van der Waals surface area contributed by atoms with E-state index in [1.165, 1.54) is 11.8 Å². The molecule has 1 aromatic heterocycles. The fraction of sp³-hybridized carbons (Fsp3) is 0.316. The highest BCUT2D eigenvalue weighted by atomic mass is 32.2. The van der Waals surface area contributed by atoms with E-state index in [2.05, 4.69) is 41.5 Å². The van der Waals surface area contributed by atoms with Crippen LogP contribution in [0.1, 0.15) is 19.9 Å². The molecular formula is C19H22N4O2S. The summed E-state index contributed by atoms with van der Waals surface area (Å²) in [6.07, 6.45) is 1.68. The maximum atomic E-state index is 12.0. The Labute approximate surface area is 156 Å². The van der Waals surface area contributed by atoms with E-state index in [0.29, 0.717) is 18.9 Å². The van der Waals surface area contributed by atoms with Gasteiger partial charge in [0, 0.05) is 11.4 Å². The van der Waals surface area contributed by atoms with E-state index in [0.717, 1.165) is 21.7 Å². The van der Waals surface area contributed by atoms with Crippen LogP contribution in [0.25, 0.3) is 10.8 Å². The topological polar surface area (TPSA) is 69.0 Å². The quantitative estimate of drug-likeness (QED) is 0.487. The van der Waals surface area contributed by atoms with Crippen LogP contribution in [0, 0.1) is 0 Å². The lowest BCUT2D eigenvalue weighted by atomic mass is 10.1. The minimum absolute atomic E-state index is 0.0465. The SMILES string of the molecule is CC(C)n1cnnc1SCC(=O)NCCOc1cccc2ccccc12. The normalized spacial score (nSPS) is 11.0. The Hall–Kier alpha value is -2.54. The fourth-order valence-corrected chi connectivity index (χ4v) is 3.42. The number of thioether (sulfide) groups is 1. The summed E-state index contributed by atoms with van der Waals surface area (Å²) in [7, 11) is 0. The van der Waals surface area contributed by atoms with Crippen molar-refractivity contribution < 1.29 is 9.53 Å². The first kappa shape index (κ1) is 18.3. The first-order valence-electron chi connectivity index (χ1n) is 8.54. The second-order valence-corrected chi connectivity index (χ2v) is 7.02. The zero-order chi connectivity index (χ0) is 18.4. The van der Waals surface area contributed by atoms with Crippen LogP contribution in [-0.2, 0) is 4.79 Å². The number of ether oxygens (including phenoxy) is 1. The minimum Gasteiger partial charge on any atom is -0.491 e. The first-order valence-corrected chi connectivity index (χ1v) is 9.53. The number of aromatic nitrogens is 3. The lowest BCUT2D eigenvalue weighted by Crippen LogP contribution is -2.29. The van der Waals surface area contributed by atoms with Crippen molar-refractivity contribution in [2.24, 2.45) is 0 Å². The minimum atomic E-state index is -0.0465. The summed E-state index contributed by atoms with van der Waals surface area (Å²) >= 11 is 1.38. The monoisotopic (exact) mass is 370 g/mol. The van der Waals surface area contributed by atoms with Gasteiger partial charge in [0.15, 0.2) is 5.16 Å². The second-order valence-electron chi connectivity index (χ2n) is 6.08. The third-order valence-corrected chi connectivity index (χ3v) is 4.82. The van der Waals surface area contributed by atoms with E-state index in [1.807, 2.05) is 34.9 Å². The van der Waals surface area contributed by atoms with Gasteiger partial charge in [0.2, 0.25) is 5.91 Å². The molecule has 2 aromatic carbocycles. The van der Waals surface area contributed by atoms with Gasteiger partial charge in [-0.1, -0.05) is 48.2 Å². The summed E-state index contributed by atoms with van der Waals surface area (Å²) in [6, 6.07) is 14.3. The molecule has 0 bridgehead atoms. The number of nitrogens with zero attached hydrogens (tertiary/aromatic N) is 3. The summed E-state index contributed by atoms with van der Waals surface area (Å²) in [5.74, 6) is 1.09. The van der Waals surface area contributed by atoms with Gasteiger partial charge in [0.25, 0.3) is 0 Å². The molecule has 0 spiro atoms. The predicted molar refractivity (Wildman–Crippen MR) is 104 cm³/mol. The van der Waals surface area contributed by atoms with Gasteiger partial charge in [-0.2, -0.15) is 0 Å². The third-order valence-electron chi connectivity index (χ3n) is 3.86. The molecule has 6 nitrogen and oxygen atoms in total. The molecule has 1 heterocycles. The van der Waals surface area contributed by atoms with Crippen molar-refractivity contribution in [3.8, 4) is 5.75 Å². The van der Waals surface area contributed by atoms with Crippen molar-refractivity contribution in [2.45, 2.75) is 25.0 Å². The number of fused-ring (bicyclic) bond motifs is 1. The molecule has 0 aliphatic heterocycles. The van der Waals surface area contributed by atoms with Gasteiger partial charge in [-0.25, -0.2) is 0 Å². The van der Waals surface area contributed by atoms with Crippen LogP contribution in [0.3, 0.4) is 0 Å². The highest BCUT2D eigenvalue weighted by Crippen LogP contribution is 2.24. The Morgan fingerprint density at radius 1 is 1.23 bits per heavy atom. The molecule has 0 fully saturated rings. The number of hydrogen-bond acceptors (Lipinski definition) is 5. The highest BCUT2D eigenvalue weighted by molar-refractivity contribution is 7.99. The number of carbonyl (C=O) groups is 1. The summed E-state index contributed by atoms with van der Waals surface area (Å²) in [5, 5.41) is 13.8.